The van der Waals surface area contributed by atoms with Crippen LogP contribution in [-0.4, -0.2) is 41.2 Å². The Morgan fingerprint density at radius 1 is 1.20 bits per heavy atom. The number of hydrogen-bond acceptors (Lipinski definition) is 6. The number of amides is 1. The molecule has 1 fully saturated rings. The van der Waals surface area contributed by atoms with Crippen LogP contribution < -0.4 is 10.1 Å². The van der Waals surface area contributed by atoms with Gasteiger partial charge in [0.1, 0.15) is 17.9 Å². The second kappa shape index (κ2) is 10.4. The Kier molecular flexibility index (Phi) is 7.35. The van der Waals surface area contributed by atoms with Crippen molar-refractivity contribution in [3.8, 4) is 17.7 Å². The third-order valence-electron chi connectivity index (χ3n) is 4.98. The quantitative estimate of drug-likeness (QED) is 0.687. The summed E-state index contributed by atoms with van der Waals surface area (Å²) in [7, 11) is 0. The number of nitrogens with zero attached hydrogens (tertiary/aromatic N) is 2. The molecule has 0 unspecified atom stereocenters. The van der Waals surface area contributed by atoms with Crippen LogP contribution in [0.5, 0.6) is 11.6 Å². The van der Waals surface area contributed by atoms with Crippen molar-refractivity contribution in [3.05, 3.63) is 53.7 Å². The molecule has 8 heteroatoms. The number of aliphatic carboxylic acids is 1. The van der Waals surface area contributed by atoms with E-state index >= 15 is 0 Å². The lowest BCUT2D eigenvalue weighted by Gasteiger charge is -2.28. The van der Waals surface area contributed by atoms with Gasteiger partial charge in [0.05, 0.1) is 17.7 Å². The van der Waals surface area contributed by atoms with Crippen molar-refractivity contribution in [2.24, 2.45) is 5.92 Å². The molecule has 156 valence electrons. The monoisotopic (exact) mass is 409 g/mol. The molecule has 3 rings (SSSR count). The van der Waals surface area contributed by atoms with Crippen LogP contribution in [0.1, 0.15) is 41.6 Å². The fourth-order valence-corrected chi connectivity index (χ4v) is 3.41. The lowest BCUT2D eigenvalue weighted by Crippen LogP contribution is -2.33. The summed E-state index contributed by atoms with van der Waals surface area (Å²) in [4.78, 5) is 27.4. The van der Waals surface area contributed by atoms with E-state index in [-0.39, 0.29) is 24.5 Å². The zero-order valence-electron chi connectivity index (χ0n) is 16.4. The molecule has 1 aliphatic carbocycles. The van der Waals surface area contributed by atoms with Crippen LogP contribution in [0.4, 0.5) is 0 Å². The summed E-state index contributed by atoms with van der Waals surface area (Å²) in [6, 6.07) is 12.0. The van der Waals surface area contributed by atoms with Gasteiger partial charge in [-0.15, -0.1) is 0 Å². The van der Waals surface area contributed by atoms with E-state index in [9.17, 15) is 9.59 Å². The number of nitrogens with one attached hydrogen (secondary N) is 1. The van der Waals surface area contributed by atoms with E-state index in [0.717, 1.165) is 25.7 Å². The summed E-state index contributed by atoms with van der Waals surface area (Å²) in [5.74, 6) is -0.318. The maximum Gasteiger partial charge on any atom is 0.329 e. The van der Waals surface area contributed by atoms with Gasteiger partial charge in [-0.05, 0) is 61.9 Å². The minimum atomic E-state index is -0.960. The largest absolute Gasteiger partial charge is 0.480 e. The Hall–Kier alpha value is -3.44. The van der Waals surface area contributed by atoms with E-state index < -0.39 is 5.97 Å². The van der Waals surface area contributed by atoms with Crippen molar-refractivity contribution in [3.63, 3.8) is 0 Å². The van der Waals surface area contributed by atoms with Crippen molar-refractivity contribution >= 4 is 11.9 Å². The smallest absolute Gasteiger partial charge is 0.329 e. The van der Waals surface area contributed by atoms with Gasteiger partial charge in [0, 0.05) is 12.7 Å². The van der Waals surface area contributed by atoms with Gasteiger partial charge in [-0.1, -0.05) is 6.07 Å². The normalized spacial score (nSPS) is 18.2. The van der Waals surface area contributed by atoms with Crippen molar-refractivity contribution in [2.45, 2.75) is 31.8 Å². The maximum absolute atomic E-state index is 12.7. The van der Waals surface area contributed by atoms with E-state index in [2.05, 4.69) is 10.3 Å². The first-order valence-corrected chi connectivity index (χ1v) is 9.79. The first-order chi connectivity index (χ1) is 14.5. The van der Waals surface area contributed by atoms with Crippen LogP contribution in [0, 0.1) is 17.2 Å². The molecule has 2 N–H and O–H groups in total. The third kappa shape index (κ3) is 6.03. The Morgan fingerprint density at radius 3 is 2.73 bits per heavy atom. The van der Waals surface area contributed by atoms with E-state index in [1.165, 1.54) is 0 Å². The van der Waals surface area contributed by atoms with Crippen molar-refractivity contribution in [1.82, 2.24) is 10.3 Å². The molecule has 2 aromatic rings. The predicted molar refractivity (Wildman–Crippen MR) is 107 cm³/mol. The second-order valence-corrected chi connectivity index (χ2v) is 7.16. The number of carboxylic acids is 1. The molecule has 0 radical (unpaired) electrons. The number of nitriles is 1. The Bertz CT molecular complexity index is 932. The maximum atomic E-state index is 12.7. The van der Waals surface area contributed by atoms with Crippen LogP contribution in [0.2, 0.25) is 0 Å². The minimum Gasteiger partial charge on any atom is -0.480 e. The van der Waals surface area contributed by atoms with Gasteiger partial charge in [-0.2, -0.15) is 5.26 Å². The summed E-state index contributed by atoms with van der Waals surface area (Å²) in [5.41, 5.74) is 0.774. The number of benzene rings is 1. The van der Waals surface area contributed by atoms with Gasteiger partial charge in [-0.3, -0.25) is 4.79 Å². The lowest BCUT2D eigenvalue weighted by molar-refractivity contribution is -0.145. The Balaban J connectivity index is 1.54. The van der Waals surface area contributed by atoms with Gasteiger partial charge >= 0.3 is 5.97 Å². The van der Waals surface area contributed by atoms with Crippen LogP contribution in [0.25, 0.3) is 0 Å². The zero-order valence-corrected chi connectivity index (χ0v) is 16.4. The number of hydrogen-bond donors (Lipinski definition) is 2. The topological polar surface area (TPSA) is 122 Å². The van der Waals surface area contributed by atoms with Gasteiger partial charge in [0.15, 0.2) is 0 Å². The van der Waals surface area contributed by atoms with E-state index in [1.54, 1.807) is 42.6 Å². The number of aromatic nitrogens is 1. The van der Waals surface area contributed by atoms with Gasteiger partial charge in [-0.25, -0.2) is 9.78 Å². The van der Waals surface area contributed by atoms with Crippen LogP contribution in [-0.2, 0) is 9.53 Å². The summed E-state index contributed by atoms with van der Waals surface area (Å²) < 4.78 is 11.1. The van der Waals surface area contributed by atoms with E-state index in [4.69, 9.17) is 19.8 Å². The van der Waals surface area contributed by atoms with E-state index in [0.29, 0.717) is 29.3 Å². The molecule has 1 amide bonds. The number of rotatable bonds is 8. The molecule has 1 aliphatic rings. The summed E-state index contributed by atoms with van der Waals surface area (Å²) in [6.07, 6.45) is 4.80. The van der Waals surface area contributed by atoms with Gasteiger partial charge in [0.25, 0.3) is 5.91 Å². The average Bonchev–Trinajstić information content (AvgIpc) is 2.77. The second-order valence-electron chi connectivity index (χ2n) is 7.16. The standard InChI is InChI=1S/C22H23N3O5/c23-12-16-3-1-4-18(11-16)30-22-19(5-2-10-24-22)21(28)25-13-15-6-8-17(9-7-15)29-14-20(26)27/h1-5,10-11,15,17H,6-9,13-14H2,(H,25,28)(H,26,27). The summed E-state index contributed by atoms with van der Waals surface area (Å²) in [5, 5.41) is 20.6. The number of pyridine rings is 1. The average molecular weight is 409 g/mol. The first kappa shape index (κ1) is 21.3. The molecule has 0 atom stereocenters. The number of carbonyl (C=O) groups excluding carboxylic acids is 1. The van der Waals surface area contributed by atoms with Crippen molar-refractivity contribution in [1.29, 1.82) is 5.26 Å². The molecule has 1 saturated carbocycles. The van der Waals surface area contributed by atoms with Crippen molar-refractivity contribution in [2.75, 3.05) is 13.2 Å². The highest BCUT2D eigenvalue weighted by molar-refractivity contribution is 5.96. The minimum absolute atomic E-state index is 0.0319. The molecule has 1 aromatic heterocycles. The van der Waals surface area contributed by atoms with Crippen LogP contribution in [0.3, 0.4) is 0 Å². The predicted octanol–water partition coefficient (Wildman–Crippen LogP) is 3.14. The van der Waals surface area contributed by atoms with Crippen LogP contribution in [0.15, 0.2) is 42.6 Å². The molecule has 0 spiro atoms. The molecular weight excluding hydrogens is 386 g/mol. The number of ether oxygens (including phenoxy) is 2. The van der Waals surface area contributed by atoms with Gasteiger partial charge < -0.3 is 19.9 Å². The van der Waals surface area contributed by atoms with E-state index in [1.807, 2.05) is 6.07 Å². The Labute approximate surface area is 174 Å². The fraction of sp³-hybridized carbons (Fsp3) is 0.364. The summed E-state index contributed by atoms with van der Waals surface area (Å²) >= 11 is 0. The Morgan fingerprint density at radius 2 is 2.00 bits per heavy atom. The molecule has 0 bridgehead atoms. The summed E-state index contributed by atoms with van der Waals surface area (Å²) in [6.45, 7) is 0.246. The number of carbonyl (C=O) groups is 2. The molecule has 0 saturated heterocycles. The fourth-order valence-electron chi connectivity index (χ4n) is 3.41. The molecule has 30 heavy (non-hydrogen) atoms. The van der Waals surface area contributed by atoms with Crippen LogP contribution >= 0.6 is 0 Å². The van der Waals surface area contributed by atoms with Gasteiger partial charge in [0.2, 0.25) is 5.88 Å². The first-order valence-electron chi connectivity index (χ1n) is 9.79. The highest BCUT2D eigenvalue weighted by Gasteiger charge is 2.23. The molecule has 1 aromatic carbocycles. The molecule has 8 nitrogen and oxygen atoms in total. The highest BCUT2D eigenvalue weighted by atomic mass is 16.5. The molecule has 1 heterocycles. The molecular formula is C22H23N3O5. The van der Waals surface area contributed by atoms with Crippen molar-refractivity contribution < 1.29 is 24.2 Å². The SMILES string of the molecule is N#Cc1cccc(Oc2ncccc2C(=O)NCC2CCC(OCC(=O)O)CC2)c1. The number of carboxylic acid groups (broad SMARTS) is 1. The zero-order chi connectivity index (χ0) is 21.3. The lowest BCUT2D eigenvalue weighted by atomic mass is 9.87. The molecule has 0 aliphatic heterocycles. The highest BCUT2D eigenvalue weighted by Crippen LogP contribution is 2.27. The third-order valence-corrected chi connectivity index (χ3v) is 4.98.